The second kappa shape index (κ2) is 23.6. The fraction of sp³-hybridized carbons (Fsp3) is 0.317. The first-order chi connectivity index (χ1) is 46.2. The van der Waals surface area contributed by atoms with Gasteiger partial charge in [0, 0.05) is 0 Å². The molecule has 0 nitrogen and oxygen atoms in total. The molecule has 5 spiro atoms. The number of hydrogen-bond donors (Lipinski definition) is 0. The third kappa shape index (κ3) is 8.56. The van der Waals surface area contributed by atoms with Crippen molar-refractivity contribution in [3.8, 4) is 44.5 Å². The van der Waals surface area contributed by atoms with Gasteiger partial charge in [0.25, 0.3) is 0 Å². The summed E-state index contributed by atoms with van der Waals surface area (Å²) in [5, 5.41) is 9.92. The van der Waals surface area contributed by atoms with Crippen molar-refractivity contribution in [2.24, 2.45) is 0 Å². The van der Waals surface area contributed by atoms with Gasteiger partial charge in [-0.2, -0.15) is 0 Å². The number of fused-ring (bicyclic) bond motifs is 12. The minimum absolute atomic E-state index is 0.707. The van der Waals surface area contributed by atoms with Crippen LogP contribution >= 0.6 is 110 Å². The summed E-state index contributed by atoms with van der Waals surface area (Å²) in [7, 11) is 9.84. The predicted octanol–water partition coefficient (Wildman–Crippen LogP) is 26.3. The van der Waals surface area contributed by atoms with Crippen molar-refractivity contribution in [2.75, 3.05) is 0 Å². The molecule has 4 atom stereocenters. The van der Waals surface area contributed by atoms with E-state index < -0.39 is 75.7 Å². The molecule has 0 saturated carbocycles. The standard InChI is InChI=1S/2C41H44Cl4Si3.2ClH.Hf/c2*1-10-24-18-32-28(26-20-34(42)40(35(43)21-26)47(4,5)6)14-12-16-30(32)38(24)46(3)39-25(11-2)19-33-29(15-13-17-31(33)39)27-22-36(44)41(37(45)23-27)48(7,8)9;;;/h2*12-23,46H,10-11H2,1-9H3;2*1H;/q;;;;+2/p-2. The zero-order valence-corrected chi connectivity index (χ0v) is 77.6. The summed E-state index contributed by atoms with van der Waals surface area (Å²) in [6.45, 7) is 42.7. The van der Waals surface area contributed by atoms with Crippen molar-refractivity contribution in [3.05, 3.63) is 228 Å². The number of hydrogen-bond acceptors (Lipinski definition) is 0. The van der Waals surface area contributed by atoms with Gasteiger partial charge in [0.05, 0.1) is 0 Å². The summed E-state index contributed by atoms with van der Waals surface area (Å²) in [5.74, 6) is 0. The second-order valence-corrected chi connectivity index (χ2v) is 111. The van der Waals surface area contributed by atoms with Crippen LogP contribution in [0.2, 0.25) is 132 Å². The van der Waals surface area contributed by atoms with Crippen LogP contribution < -0.4 is 20.7 Å². The van der Waals surface area contributed by atoms with Crippen LogP contribution in [-0.4, -0.2) is 49.9 Å². The molecule has 0 aromatic heterocycles. The van der Waals surface area contributed by atoms with Crippen LogP contribution in [0.15, 0.2) is 144 Å². The Morgan fingerprint density at radius 2 is 0.475 bits per heavy atom. The predicted molar refractivity (Wildman–Crippen MR) is 457 cm³/mol. The second-order valence-electron chi connectivity index (χ2n) is 33.7. The SMILES string of the molecule is CCC1=Cc2c(-c3cc(Cl)c([Si](C)(C)C)c(Cl)c3)cccc2[C]12[SiH](C)[C]1(C(CC)=Cc3c(-c4cc(Cl)c([Si](C)(C)C)c(Cl)c4)cccc31)[Hf]21([Cl])([Cl])[C]2(C(CC)=Cc3c(-c4cc(Cl)c([Si](C)(C)C)c(Cl)c4)cccc32)[SiH](C)[C]12C(CC)=Cc1c(-c3cc(Cl)c([Si](C)(C)C)c(Cl)c3)cccc12. The molecular weight excluding hydrogens is 1690 g/mol. The maximum atomic E-state index is 11.6. The maximum absolute atomic E-state index is 11.6. The van der Waals surface area contributed by atoms with E-state index in [1.54, 1.807) is 0 Å². The van der Waals surface area contributed by atoms with Crippen molar-refractivity contribution < 1.29 is 14.7 Å². The molecule has 99 heavy (non-hydrogen) atoms. The molecular formula is C82H88Cl10HfSi6. The van der Waals surface area contributed by atoms with E-state index in [4.69, 9.17) is 92.8 Å². The molecule has 4 aliphatic carbocycles. The molecule has 17 heteroatoms. The number of allylic oxidation sites excluding steroid dienone is 4. The topological polar surface area (TPSA) is 0 Å². The number of halogens is 10. The van der Waals surface area contributed by atoms with Crippen molar-refractivity contribution in [3.63, 3.8) is 0 Å². The molecule has 8 aromatic rings. The summed E-state index contributed by atoms with van der Waals surface area (Å²) >= 11 is 52.5. The van der Waals surface area contributed by atoms with Gasteiger partial charge in [0.15, 0.2) is 0 Å². The average Bonchev–Trinajstić information content (AvgIpc) is 1.53. The summed E-state index contributed by atoms with van der Waals surface area (Å²) < 4.78 is -3.40. The Hall–Kier alpha value is -2.21. The zero-order valence-electron chi connectivity index (χ0n) is 60.1. The number of benzene rings is 8. The van der Waals surface area contributed by atoms with Gasteiger partial charge >= 0.3 is 649 Å². The molecule has 2 aliphatic heterocycles. The van der Waals surface area contributed by atoms with Crippen LogP contribution in [0.4, 0.5) is 0 Å². The van der Waals surface area contributed by atoms with Crippen LogP contribution in [0.5, 0.6) is 0 Å². The Labute approximate surface area is 641 Å². The molecule has 4 unspecified atom stereocenters. The van der Waals surface area contributed by atoms with Gasteiger partial charge in [-0.1, -0.05) is 0 Å². The Morgan fingerprint density at radius 3 is 0.626 bits per heavy atom. The van der Waals surface area contributed by atoms with Crippen molar-refractivity contribution in [2.45, 2.75) is 156 Å². The van der Waals surface area contributed by atoms with E-state index in [9.17, 15) is 17.2 Å². The third-order valence-corrected chi connectivity index (χ3v) is 153. The van der Waals surface area contributed by atoms with E-state index in [2.05, 4.69) is 265 Å². The molecule has 0 bridgehead atoms. The van der Waals surface area contributed by atoms with E-state index in [1.807, 2.05) is 0 Å². The molecule has 2 saturated heterocycles. The summed E-state index contributed by atoms with van der Waals surface area (Å²) in [6.07, 6.45) is 13.3. The molecule has 6 aliphatic rings. The Kier molecular flexibility index (Phi) is 17.6. The van der Waals surface area contributed by atoms with Crippen LogP contribution in [-0.2, 0) is 25.8 Å². The molecule has 14 rings (SSSR count). The van der Waals surface area contributed by atoms with Gasteiger partial charge in [0.2, 0.25) is 0 Å². The van der Waals surface area contributed by atoms with Crippen LogP contribution in [0, 0.1) is 0 Å². The summed E-state index contributed by atoms with van der Waals surface area (Å²) in [4.78, 5) is 0. The molecule has 2 heterocycles. The summed E-state index contributed by atoms with van der Waals surface area (Å²) in [5.41, 5.74) is 23.4. The molecule has 0 radical (unpaired) electrons. The Bertz CT molecular complexity index is 4370. The molecule has 514 valence electrons. The molecule has 0 N–H and O–H groups in total. The van der Waals surface area contributed by atoms with Gasteiger partial charge in [-0.3, -0.25) is 0 Å². The Morgan fingerprint density at radius 1 is 0.303 bits per heavy atom. The van der Waals surface area contributed by atoms with E-state index >= 15 is 0 Å². The normalized spacial score (nSPS) is 24.9. The van der Waals surface area contributed by atoms with E-state index in [1.165, 1.54) is 66.8 Å². The van der Waals surface area contributed by atoms with Crippen molar-refractivity contribution in [1.82, 2.24) is 0 Å². The van der Waals surface area contributed by atoms with Crippen LogP contribution in [0.3, 0.4) is 0 Å². The molecule has 8 aromatic carbocycles. The van der Waals surface area contributed by atoms with Gasteiger partial charge in [-0.05, 0) is 0 Å². The minimum atomic E-state index is -8.12. The molecule has 2 fully saturated rings. The van der Waals surface area contributed by atoms with Gasteiger partial charge in [-0.15, -0.1) is 0 Å². The van der Waals surface area contributed by atoms with Crippen LogP contribution in [0.1, 0.15) is 97.9 Å². The number of rotatable bonds is 12. The van der Waals surface area contributed by atoms with E-state index in [-0.39, 0.29) is 0 Å². The monoisotopic (exact) mass is 1770 g/mol. The van der Waals surface area contributed by atoms with Crippen molar-refractivity contribution >= 4 is 205 Å². The van der Waals surface area contributed by atoms with Gasteiger partial charge in [0.1, 0.15) is 0 Å². The average molecular weight is 1780 g/mol. The van der Waals surface area contributed by atoms with Crippen molar-refractivity contribution in [1.29, 1.82) is 0 Å². The zero-order chi connectivity index (χ0) is 71.8. The fourth-order valence-corrected chi connectivity index (χ4v) is 209. The summed E-state index contributed by atoms with van der Waals surface area (Å²) in [6, 6.07) is 45.8. The van der Waals surface area contributed by atoms with E-state index in [0.717, 1.165) is 90.9 Å². The Balaban J connectivity index is 1.23. The first-order valence-electron chi connectivity index (χ1n) is 35.3. The van der Waals surface area contributed by atoms with Gasteiger partial charge in [-0.25, -0.2) is 0 Å². The third-order valence-electron chi connectivity index (χ3n) is 25.5. The quantitative estimate of drug-likeness (QED) is 0.107. The first kappa shape index (κ1) is 73.7. The molecule has 0 amide bonds. The van der Waals surface area contributed by atoms with E-state index in [0.29, 0.717) is 40.2 Å². The van der Waals surface area contributed by atoms with Crippen LogP contribution in [0.25, 0.3) is 68.8 Å². The van der Waals surface area contributed by atoms with Gasteiger partial charge < -0.3 is 0 Å². The first-order valence-corrected chi connectivity index (χ1v) is 73.1. The fourth-order valence-electron chi connectivity index (χ4n) is 23.4.